The van der Waals surface area contributed by atoms with Gasteiger partial charge in [-0.3, -0.25) is 4.40 Å². The van der Waals surface area contributed by atoms with E-state index in [1.165, 1.54) is 9.08 Å². The van der Waals surface area contributed by atoms with Crippen molar-refractivity contribution in [2.45, 2.75) is 13.5 Å². The Morgan fingerprint density at radius 2 is 2.36 bits per heavy atom. The monoisotopic (exact) mass is 192 g/mol. The summed E-state index contributed by atoms with van der Waals surface area (Å²) < 4.78 is 2.92. The van der Waals surface area contributed by atoms with E-state index < -0.39 is 0 Å². The van der Waals surface area contributed by atoms with Crippen LogP contribution in [-0.2, 0) is 6.54 Å². The van der Waals surface area contributed by atoms with Gasteiger partial charge in [-0.25, -0.2) is 9.48 Å². The lowest BCUT2D eigenvalue weighted by atomic mass is 10.3. The molecule has 2 rings (SSSR count). The molecule has 2 N–H and O–H groups in total. The predicted molar refractivity (Wildman–Crippen MR) is 53.2 cm³/mol. The van der Waals surface area contributed by atoms with Gasteiger partial charge in [-0.15, -0.1) is 5.10 Å². The van der Waals surface area contributed by atoms with Crippen LogP contribution in [0.15, 0.2) is 23.1 Å². The zero-order valence-corrected chi connectivity index (χ0v) is 7.97. The number of pyridine rings is 1. The largest absolute Gasteiger partial charge is 0.350 e. The maximum absolute atomic E-state index is 11.7. The second-order valence-electron chi connectivity index (χ2n) is 3.18. The molecule has 0 spiro atoms. The Morgan fingerprint density at radius 1 is 1.57 bits per heavy atom. The maximum Gasteiger partial charge on any atom is 0.350 e. The summed E-state index contributed by atoms with van der Waals surface area (Å²) >= 11 is 0. The van der Waals surface area contributed by atoms with E-state index in [-0.39, 0.29) is 5.69 Å². The highest BCUT2D eigenvalue weighted by Crippen LogP contribution is 2.03. The molecule has 0 aliphatic rings. The Hall–Kier alpha value is -1.62. The number of nitrogens with zero attached hydrogens (tertiary/aromatic N) is 3. The van der Waals surface area contributed by atoms with Gasteiger partial charge < -0.3 is 5.73 Å². The molecular weight excluding hydrogens is 180 g/mol. The lowest BCUT2D eigenvalue weighted by molar-refractivity contribution is 0.602. The Labute approximate surface area is 80.8 Å². The van der Waals surface area contributed by atoms with Gasteiger partial charge in [0.25, 0.3) is 0 Å². The molecule has 14 heavy (non-hydrogen) atoms. The molecule has 0 amide bonds. The van der Waals surface area contributed by atoms with Crippen molar-refractivity contribution >= 4 is 5.65 Å². The van der Waals surface area contributed by atoms with Crippen LogP contribution in [0.25, 0.3) is 5.65 Å². The number of hydrogen-bond donors (Lipinski definition) is 1. The number of fused-ring (bicyclic) bond motifs is 1. The van der Waals surface area contributed by atoms with Crippen molar-refractivity contribution in [3.05, 3.63) is 34.4 Å². The number of aromatic nitrogens is 3. The molecule has 0 aliphatic carbocycles. The fourth-order valence-electron chi connectivity index (χ4n) is 1.44. The average Bonchev–Trinajstić information content (AvgIpc) is 2.48. The summed E-state index contributed by atoms with van der Waals surface area (Å²) in [5.41, 5.74) is 6.94. The van der Waals surface area contributed by atoms with Gasteiger partial charge in [-0.1, -0.05) is 6.07 Å². The highest BCUT2D eigenvalue weighted by molar-refractivity contribution is 5.45. The van der Waals surface area contributed by atoms with Gasteiger partial charge >= 0.3 is 5.69 Å². The van der Waals surface area contributed by atoms with E-state index in [4.69, 9.17) is 5.73 Å². The molecule has 2 aromatic rings. The van der Waals surface area contributed by atoms with Crippen molar-refractivity contribution in [2.75, 3.05) is 6.54 Å². The van der Waals surface area contributed by atoms with Gasteiger partial charge in [0.1, 0.15) is 0 Å². The molecule has 5 heteroatoms. The molecule has 0 saturated heterocycles. The number of nitrogens with two attached hydrogens (primary N) is 1. The van der Waals surface area contributed by atoms with Crippen molar-refractivity contribution in [1.82, 2.24) is 14.2 Å². The molecule has 0 radical (unpaired) electrons. The first-order valence-corrected chi connectivity index (χ1v) is 4.49. The highest BCUT2D eigenvalue weighted by Gasteiger charge is 2.06. The predicted octanol–water partition coefficient (Wildman–Crippen LogP) is -0.237. The first-order valence-electron chi connectivity index (χ1n) is 4.49. The second kappa shape index (κ2) is 3.26. The Balaban J connectivity index is 2.73. The van der Waals surface area contributed by atoms with Gasteiger partial charge in [0.2, 0.25) is 0 Å². The van der Waals surface area contributed by atoms with E-state index >= 15 is 0 Å². The minimum atomic E-state index is -0.130. The quantitative estimate of drug-likeness (QED) is 0.714. The van der Waals surface area contributed by atoms with Crippen LogP contribution in [0.2, 0.25) is 0 Å². The van der Waals surface area contributed by atoms with Crippen LogP contribution in [0.1, 0.15) is 5.56 Å². The van der Waals surface area contributed by atoms with Gasteiger partial charge in [-0.2, -0.15) is 0 Å². The maximum atomic E-state index is 11.7. The molecule has 0 fully saturated rings. The fraction of sp³-hybridized carbons (Fsp3) is 0.333. The molecule has 74 valence electrons. The molecular formula is C9H12N4O. The normalized spacial score (nSPS) is 11.0. The third-order valence-electron chi connectivity index (χ3n) is 2.15. The van der Waals surface area contributed by atoms with Crippen LogP contribution >= 0.6 is 0 Å². The standard InChI is InChI=1S/C9H12N4O/c1-7-3-2-5-12-8(7)11-13(6-4-10)9(12)14/h2-3,5H,4,6,10H2,1H3. The third kappa shape index (κ3) is 1.22. The lowest BCUT2D eigenvalue weighted by Gasteiger charge is -1.92. The SMILES string of the molecule is Cc1cccn2c(=O)n(CCN)nc12. The van der Waals surface area contributed by atoms with Gasteiger partial charge in [0.05, 0.1) is 6.54 Å². The minimum Gasteiger partial charge on any atom is -0.329 e. The first-order chi connectivity index (χ1) is 6.74. The molecule has 0 atom stereocenters. The summed E-state index contributed by atoms with van der Waals surface area (Å²) in [6.07, 6.45) is 1.71. The molecule has 0 aromatic carbocycles. The number of hydrogen-bond acceptors (Lipinski definition) is 3. The topological polar surface area (TPSA) is 65.3 Å². The van der Waals surface area contributed by atoms with Crippen LogP contribution in [0.4, 0.5) is 0 Å². The van der Waals surface area contributed by atoms with Crippen LogP contribution in [0.3, 0.4) is 0 Å². The number of rotatable bonds is 2. The summed E-state index contributed by atoms with van der Waals surface area (Å²) in [6, 6.07) is 3.76. The number of aryl methyl sites for hydroxylation is 1. The van der Waals surface area contributed by atoms with Gasteiger partial charge in [0, 0.05) is 12.7 Å². The van der Waals surface area contributed by atoms with E-state index in [1.54, 1.807) is 6.20 Å². The molecule has 2 aromatic heterocycles. The van der Waals surface area contributed by atoms with E-state index in [0.29, 0.717) is 18.7 Å². The van der Waals surface area contributed by atoms with E-state index in [2.05, 4.69) is 5.10 Å². The van der Waals surface area contributed by atoms with Crippen molar-refractivity contribution in [2.24, 2.45) is 5.73 Å². The van der Waals surface area contributed by atoms with Crippen LogP contribution in [-0.4, -0.2) is 20.7 Å². The van der Waals surface area contributed by atoms with Crippen LogP contribution in [0.5, 0.6) is 0 Å². The van der Waals surface area contributed by atoms with Crippen molar-refractivity contribution in [1.29, 1.82) is 0 Å². The van der Waals surface area contributed by atoms with Crippen molar-refractivity contribution in [3.8, 4) is 0 Å². The summed E-state index contributed by atoms with van der Waals surface area (Å²) in [6.45, 7) is 2.80. The van der Waals surface area contributed by atoms with E-state index in [9.17, 15) is 4.79 Å². The van der Waals surface area contributed by atoms with E-state index in [0.717, 1.165) is 5.56 Å². The van der Waals surface area contributed by atoms with E-state index in [1.807, 2.05) is 19.1 Å². The zero-order valence-electron chi connectivity index (χ0n) is 7.97. The average molecular weight is 192 g/mol. The Bertz CT molecular complexity index is 511. The molecule has 2 heterocycles. The fourth-order valence-corrected chi connectivity index (χ4v) is 1.44. The van der Waals surface area contributed by atoms with Crippen LogP contribution < -0.4 is 11.4 Å². The molecule has 0 bridgehead atoms. The van der Waals surface area contributed by atoms with Crippen LogP contribution in [0, 0.1) is 6.92 Å². The summed E-state index contributed by atoms with van der Waals surface area (Å²) in [4.78, 5) is 11.7. The minimum absolute atomic E-state index is 0.130. The summed E-state index contributed by atoms with van der Waals surface area (Å²) in [5, 5.41) is 4.19. The van der Waals surface area contributed by atoms with Crippen molar-refractivity contribution in [3.63, 3.8) is 0 Å². The summed E-state index contributed by atoms with van der Waals surface area (Å²) in [5.74, 6) is 0. The van der Waals surface area contributed by atoms with Gasteiger partial charge in [-0.05, 0) is 18.6 Å². The summed E-state index contributed by atoms with van der Waals surface area (Å²) in [7, 11) is 0. The third-order valence-corrected chi connectivity index (χ3v) is 2.15. The highest BCUT2D eigenvalue weighted by atomic mass is 16.2. The van der Waals surface area contributed by atoms with Crippen molar-refractivity contribution < 1.29 is 0 Å². The Morgan fingerprint density at radius 3 is 3.00 bits per heavy atom. The molecule has 0 aliphatic heterocycles. The molecule has 0 saturated carbocycles. The zero-order chi connectivity index (χ0) is 10.1. The smallest absolute Gasteiger partial charge is 0.329 e. The lowest BCUT2D eigenvalue weighted by Crippen LogP contribution is -2.24. The second-order valence-corrected chi connectivity index (χ2v) is 3.18. The first kappa shape index (κ1) is 8.96. The Kier molecular flexibility index (Phi) is 2.09. The molecule has 0 unspecified atom stereocenters. The van der Waals surface area contributed by atoms with Gasteiger partial charge in [0.15, 0.2) is 5.65 Å². The molecule has 5 nitrogen and oxygen atoms in total.